The molecule has 0 radical (unpaired) electrons. The first-order valence-corrected chi connectivity index (χ1v) is 7.23. The molecule has 1 atom stereocenters. The molecule has 0 saturated carbocycles. The highest BCUT2D eigenvalue weighted by molar-refractivity contribution is 5.84. The first-order chi connectivity index (χ1) is 9.69. The molecule has 3 N–H and O–H groups in total. The Labute approximate surface area is 118 Å². The number of hydrogen-bond donors (Lipinski definition) is 2. The molecule has 20 heavy (non-hydrogen) atoms. The summed E-state index contributed by atoms with van der Waals surface area (Å²) in [4.78, 5) is 17.3. The molecule has 1 aromatic carbocycles. The van der Waals surface area contributed by atoms with E-state index in [0.29, 0.717) is 18.9 Å². The third-order valence-electron chi connectivity index (χ3n) is 4.29. The standard InChI is InChI=1S/C16H21N3O/c1-11-13(14-4-2-3-5-15(14)18-11)6-7-19-10-12(9-17)8-16(19)20/h2-5,12,18H,6-10,17H2,1H3. The van der Waals surface area contributed by atoms with Gasteiger partial charge in [-0.25, -0.2) is 0 Å². The molecular weight excluding hydrogens is 250 g/mol. The predicted molar refractivity (Wildman–Crippen MR) is 80.5 cm³/mol. The van der Waals surface area contributed by atoms with Gasteiger partial charge in [0.15, 0.2) is 0 Å². The van der Waals surface area contributed by atoms with E-state index in [1.54, 1.807) is 0 Å². The number of fused-ring (bicyclic) bond motifs is 1. The SMILES string of the molecule is Cc1[nH]c2ccccc2c1CCN1CC(CN)CC1=O. The van der Waals surface area contributed by atoms with E-state index >= 15 is 0 Å². The Morgan fingerprint density at radius 3 is 2.95 bits per heavy atom. The molecule has 0 aliphatic carbocycles. The molecule has 3 rings (SSSR count). The number of rotatable bonds is 4. The van der Waals surface area contributed by atoms with Crippen LogP contribution in [0.3, 0.4) is 0 Å². The lowest BCUT2D eigenvalue weighted by Crippen LogP contribution is -2.28. The zero-order valence-corrected chi connectivity index (χ0v) is 11.9. The number of carbonyl (C=O) groups excluding carboxylic acids is 1. The fourth-order valence-corrected chi connectivity index (χ4v) is 3.13. The van der Waals surface area contributed by atoms with E-state index in [1.165, 1.54) is 22.2 Å². The maximum atomic E-state index is 11.9. The lowest BCUT2D eigenvalue weighted by molar-refractivity contribution is -0.127. The van der Waals surface area contributed by atoms with Crippen LogP contribution in [0.4, 0.5) is 0 Å². The lowest BCUT2D eigenvalue weighted by Gasteiger charge is -2.16. The number of benzene rings is 1. The minimum atomic E-state index is 0.248. The van der Waals surface area contributed by atoms with Crippen LogP contribution in [0.15, 0.2) is 24.3 Å². The highest BCUT2D eigenvalue weighted by Crippen LogP contribution is 2.23. The number of likely N-dealkylation sites (tertiary alicyclic amines) is 1. The van der Waals surface area contributed by atoms with Gasteiger partial charge in [0.05, 0.1) is 0 Å². The molecule has 1 aromatic heterocycles. The van der Waals surface area contributed by atoms with Gasteiger partial charge in [0.2, 0.25) is 5.91 Å². The second kappa shape index (κ2) is 5.29. The number of para-hydroxylation sites is 1. The van der Waals surface area contributed by atoms with Crippen molar-refractivity contribution in [3.63, 3.8) is 0 Å². The first kappa shape index (κ1) is 13.2. The summed E-state index contributed by atoms with van der Waals surface area (Å²) >= 11 is 0. The largest absolute Gasteiger partial charge is 0.358 e. The van der Waals surface area contributed by atoms with Gasteiger partial charge in [-0.2, -0.15) is 0 Å². The molecule has 1 unspecified atom stereocenters. The van der Waals surface area contributed by atoms with E-state index in [1.807, 2.05) is 11.0 Å². The van der Waals surface area contributed by atoms with Gasteiger partial charge >= 0.3 is 0 Å². The lowest BCUT2D eigenvalue weighted by atomic mass is 10.1. The number of amides is 1. The van der Waals surface area contributed by atoms with Crippen LogP contribution in [0.1, 0.15) is 17.7 Å². The van der Waals surface area contributed by atoms with E-state index in [9.17, 15) is 4.79 Å². The average molecular weight is 271 g/mol. The van der Waals surface area contributed by atoms with Gasteiger partial charge in [0, 0.05) is 36.1 Å². The highest BCUT2D eigenvalue weighted by Gasteiger charge is 2.28. The maximum absolute atomic E-state index is 11.9. The minimum absolute atomic E-state index is 0.248. The van der Waals surface area contributed by atoms with Crippen molar-refractivity contribution in [2.75, 3.05) is 19.6 Å². The molecule has 1 aliphatic heterocycles. The molecular formula is C16H21N3O. The Balaban J connectivity index is 1.74. The third-order valence-corrected chi connectivity index (χ3v) is 4.29. The summed E-state index contributed by atoms with van der Waals surface area (Å²) in [6.07, 6.45) is 1.52. The molecule has 4 nitrogen and oxygen atoms in total. The Morgan fingerprint density at radius 1 is 1.40 bits per heavy atom. The summed E-state index contributed by atoms with van der Waals surface area (Å²) in [5.41, 5.74) is 9.36. The summed E-state index contributed by atoms with van der Waals surface area (Å²) < 4.78 is 0. The van der Waals surface area contributed by atoms with Crippen molar-refractivity contribution in [3.8, 4) is 0 Å². The normalized spacial score (nSPS) is 19.2. The molecule has 0 spiro atoms. The average Bonchev–Trinajstić information content (AvgIpc) is 2.96. The molecule has 4 heteroatoms. The van der Waals surface area contributed by atoms with Gasteiger partial charge in [-0.1, -0.05) is 18.2 Å². The van der Waals surface area contributed by atoms with Gasteiger partial charge < -0.3 is 15.6 Å². The Hall–Kier alpha value is -1.81. The third kappa shape index (κ3) is 2.31. The number of aryl methyl sites for hydroxylation is 1. The summed E-state index contributed by atoms with van der Waals surface area (Å²) in [6.45, 7) is 4.31. The van der Waals surface area contributed by atoms with Crippen molar-refractivity contribution in [2.24, 2.45) is 11.7 Å². The van der Waals surface area contributed by atoms with E-state index in [4.69, 9.17) is 5.73 Å². The van der Waals surface area contributed by atoms with Gasteiger partial charge in [-0.05, 0) is 37.4 Å². The number of carbonyl (C=O) groups is 1. The summed E-state index contributed by atoms with van der Waals surface area (Å²) in [6, 6.07) is 8.34. The Bertz CT molecular complexity index is 632. The van der Waals surface area contributed by atoms with Crippen LogP contribution in [0.25, 0.3) is 10.9 Å². The van der Waals surface area contributed by atoms with Crippen molar-refractivity contribution < 1.29 is 4.79 Å². The fourth-order valence-electron chi connectivity index (χ4n) is 3.13. The van der Waals surface area contributed by atoms with E-state index in [2.05, 4.69) is 30.1 Å². The van der Waals surface area contributed by atoms with Crippen LogP contribution in [0.2, 0.25) is 0 Å². The predicted octanol–water partition coefficient (Wildman–Crippen LogP) is 1.83. The van der Waals surface area contributed by atoms with Gasteiger partial charge in [0.25, 0.3) is 0 Å². The van der Waals surface area contributed by atoms with Crippen LogP contribution < -0.4 is 5.73 Å². The maximum Gasteiger partial charge on any atom is 0.222 e. The number of nitrogens with one attached hydrogen (secondary N) is 1. The van der Waals surface area contributed by atoms with Crippen molar-refractivity contribution in [1.29, 1.82) is 0 Å². The van der Waals surface area contributed by atoms with E-state index in [0.717, 1.165) is 19.5 Å². The van der Waals surface area contributed by atoms with E-state index in [-0.39, 0.29) is 5.91 Å². The summed E-state index contributed by atoms with van der Waals surface area (Å²) in [5.74, 6) is 0.588. The second-order valence-corrected chi connectivity index (χ2v) is 5.67. The summed E-state index contributed by atoms with van der Waals surface area (Å²) in [7, 11) is 0. The van der Waals surface area contributed by atoms with Crippen LogP contribution >= 0.6 is 0 Å². The zero-order valence-electron chi connectivity index (χ0n) is 11.9. The molecule has 1 saturated heterocycles. The number of nitrogens with zero attached hydrogens (tertiary/aromatic N) is 1. The minimum Gasteiger partial charge on any atom is -0.358 e. The van der Waals surface area contributed by atoms with Crippen molar-refractivity contribution in [3.05, 3.63) is 35.5 Å². The smallest absolute Gasteiger partial charge is 0.222 e. The zero-order chi connectivity index (χ0) is 14.1. The fraction of sp³-hybridized carbons (Fsp3) is 0.438. The van der Waals surface area contributed by atoms with Crippen LogP contribution in [0.5, 0.6) is 0 Å². The molecule has 2 heterocycles. The number of aromatic nitrogens is 1. The van der Waals surface area contributed by atoms with Crippen molar-refractivity contribution in [2.45, 2.75) is 19.8 Å². The van der Waals surface area contributed by atoms with Gasteiger partial charge in [-0.15, -0.1) is 0 Å². The van der Waals surface area contributed by atoms with Crippen LogP contribution in [0, 0.1) is 12.8 Å². The monoisotopic (exact) mass is 271 g/mol. The first-order valence-electron chi connectivity index (χ1n) is 7.23. The molecule has 0 bridgehead atoms. The van der Waals surface area contributed by atoms with Crippen LogP contribution in [-0.4, -0.2) is 35.4 Å². The highest BCUT2D eigenvalue weighted by atomic mass is 16.2. The Morgan fingerprint density at radius 2 is 2.20 bits per heavy atom. The second-order valence-electron chi connectivity index (χ2n) is 5.67. The van der Waals surface area contributed by atoms with E-state index < -0.39 is 0 Å². The molecule has 1 aliphatic rings. The topological polar surface area (TPSA) is 62.1 Å². The van der Waals surface area contributed by atoms with Crippen molar-refractivity contribution in [1.82, 2.24) is 9.88 Å². The van der Waals surface area contributed by atoms with Crippen LogP contribution in [-0.2, 0) is 11.2 Å². The number of H-pyrrole nitrogens is 1. The molecule has 106 valence electrons. The van der Waals surface area contributed by atoms with Crippen molar-refractivity contribution >= 4 is 16.8 Å². The number of hydrogen-bond acceptors (Lipinski definition) is 2. The molecule has 1 amide bonds. The Kier molecular flexibility index (Phi) is 3.49. The number of aromatic amines is 1. The quantitative estimate of drug-likeness (QED) is 0.891. The van der Waals surface area contributed by atoms with Gasteiger partial charge in [0.1, 0.15) is 0 Å². The number of nitrogens with two attached hydrogens (primary N) is 1. The summed E-state index contributed by atoms with van der Waals surface area (Å²) in [5, 5.41) is 1.27. The molecule has 2 aromatic rings. The van der Waals surface area contributed by atoms with Gasteiger partial charge in [-0.3, -0.25) is 4.79 Å². The molecule has 1 fully saturated rings.